The molecule has 1 aliphatic heterocycles. The minimum atomic E-state index is 0.649. The average Bonchev–Trinajstić information content (AvgIpc) is 3.04. The van der Waals surface area contributed by atoms with Gasteiger partial charge in [-0.3, -0.25) is 0 Å². The van der Waals surface area contributed by atoms with Crippen molar-refractivity contribution in [2.45, 2.75) is 38.5 Å². The summed E-state index contributed by atoms with van der Waals surface area (Å²) in [7, 11) is 0. The van der Waals surface area contributed by atoms with Crippen molar-refractivity contribution in [2.24, 2.45) is 0 Å². The van der Waals surface area contributed by atoms with Gasteiger partial charge in [0.05, 0.1) is 5.69 Å². The van der Waals surface area contributed by atoms with E-state index in [1.54, 1.807) is 0 Å². The SMILES string of the molecule is C1CCN(c2c3c(nc4nnnn24)CCC3)CC1. The molecular formula is C12H16N6. The lowest BCUT2D eigenvalue weighted by atomic mass is 10.1. The van der Waals surface area contributed by atoms with Crippen molar-refractivity contribution in [3.8, 4) is 0 Å². The van der Waals surface area contributed by atoms with Crippen LogP contribution in [0.25, 0.3) is 5.78 Å². The zero-order chi connectivity index (χ0) is 11.9. The monoisotopic (exact) mass is 244 g/mol. The van der Waals surface area contributed by atoms with Crippen LogP contribution in [0.5, 0.6) is 0 Å². The lowest BCUT2D eigenvalue weighted by Crippen LogP contribution is -2.32. The lowest BCUT2D eigenvalue weighted by Gasteiger charge is -2.30. The highest BCUT2D eigenvalue weighted by Gasteiger charge is 2.25. The fourth-order valence-corrected chi connectivity index (χ4v) is 3.16. The van der Waals surface area contributed by atoms with E-state index in [9.17, 15) is 0 Å². The Kier molecular flexibility index (Phi) is 2.21. The van der Waals surface area contributed by atoms with E-state index in [1.165, 1.54) is 42.8 Å². The minimum absolute atomic E-state index is 0.649. The van der Waals surface area contributed by atoms with Crippen LogP contribution in [0.4, 0.5) is 5.82 Å². The topological polar surface area (TPSA) is 59.2 Å². The zero-order valence-corrected chi connectivity index (χ0v) is 10.3. The summed E-state index contributed by atoms with van der Waals surface area (Å²) in [5, 5.41) is 11.9. The van der Waals surface area contributed by atoms with E-state index in [0.29, 0.717) is 5.78 Å². The van der Waals surface area contributed by atoms with Crippen LogP contribution in [0.2, 0.25) is 0 Å². The van der Waals surface area contributed by atoms with Crippen molar-refractivity contribution in [3.05, 3.63) is 11.3 Å². The van der Waals surface area contributed by atoms with E-state index < -0.39 is 0 Å². The first kappa shape index (κ1) is 10.2. The van der Waals surface area contributed by atoms with Gasteiger partial charge in [-0.25, -0.2) is 4.98 Å². The smallest absolute Gasteiger partial charge is 0.275 e. The maximum atomic E-state index is 4.57. The first-order valence-corrected chi connectivity index (χ1v) is 6.78. The Morgan fingerprint density at radius 3 is 2.72 bits per heavy atom. The van der Waals surface area contributed by atoms with Gasteiger partial charge in [-0.1, -0.05) is 5.10 Å². The summed E-state index contributed by atoms with van der Waals surface area (Å²) in [6.45, 7) is 2.23. The standard InChI is InChI=1S/C12H16N6/c1-2-7-17(8-3-1)11-9-5-4-6-10(9)13-12-14-15-16-18(11)12/h1-8H2. The molecule has 94 valence electrons. The van der Waals surface area contributed by atoms with Crippen LogP contribution in [-0.4, -0.2) is 38.1 Å². The highest BCUT2D eigenvalue weighted by molar-refractivity contribution is 5.56. The van der Waals surface area contributed by atoms with Crippen LogP contribution >= 0.6 is 0 Å². The predicted molar refractivity (Wildman–Crippen MR) is 66.7 cm³/mol. The summed E-state index contributed by atoms with van der Waals surface area (Å²) >= 11 is 0. The molecule has 1 fully saturated rings. The van der Waals surface area contributed by atoms with Gasteiger partial charge in [0, 0.05) is 18.7 Å². The van der Waals surface area contributed by atoms with Crippen LogP contribution in [0.3, 0.4) is 0 Å². The molecule has 0 atom stereocenters. The molecule has 1 aliphatic carbocycles. The van der Waals surface area contributed by atoms with Crippen molar-refractivity contribution in [3.63, 3.8) is 0 Å². The highest BCUT2D eigenvalue weighted by Crippen LogP contribution is 2.31. The van der Waals surface area contributed by atoms with Crippen LogP contribution in [0.1, 0.15) is 36.9 Å². The molecule has 2 aromatic rings. The molecule has 2 aliphatic rings. The van der Waals surface area contributed by atoms with Crippen LogP contribution in [-0.2, 0) is 12.8 Å². The first-order chi connectivity index (χ1) is 8.93. The van der Waals surface area contributed by atoms with Gasteiger partial charge in [-0.05, 0) is 49.0 Å². The van der Waals surface area contributed by atoms with Gasteiger partial charge >= 0.3 is 0 Å². The van der Waals surface area contributed by atoms with Crippen molar-refractivity contribution in [1.29, 1.82) is 0 Å². The molecule has 0 amide bonds. The van der Waals surface area contributed by atoms with Gasteiger partial charge in [-0.15, -0.1) is 0 Å². The molecule has 0 saturated carbocycles. The molecule has 0 bridgehead atoms. The van der Waals surface area contributed by atoms with Gasteiger partial charge in [0.2, 0.25) is 0 Å². The van der Waals surface area contributed by atoms with Gasteiger partial charge < -0.3 is 4.90 Å². The average molecular weight is 244 g/mol. The summed E-state index contributed by atoms with van der Waals surface area (Å²) in [5.74, 6) is 1.86. The number of hydrogen-bond donors (Lipinski definition) is 0. The molecule has 1 saturated heterocycles. The fraction of sp³-hybridized carbons (Fsp3) is 0.667. The van der Waals surface area contributed by atoms with Crippen LogP contribution in [0, 0.1) is 0 Å². The highest BCUT2D eigenvalue weighted by atomic mass is 15.6. The van der Waals surface area contributed by atoms with Gasteiger partial charge in [0.25, 0.3) is 5.78 Å². The van der Waals surface area contributed by atoms with Crippen molar-refractivity contribution < 1.29 is 0 Å². The second-order valence-electron chi connectivity index (χ2n) is 5.15. The Morgan fingerprint density at radius 1 is 0.944 bits per heavy atom. The maximum absolute atomic E-state index is 4.57. The van der Waals surface area contributed by atoms with Gasteiger partial charge in [0.15, 0.2) is 0 Å². The van der Waals surface area contributed by atoms with E-state index in [1.807, 2.05) is 4.52 Å². The van der Waals surface area contributed by atoms with Crippen LogP contribution < -0.4 is 4.90 Å². The Labute approximate surface area is 105 Å². The Morgan fingerprint density at radius 2 is 1.83 bits per heavy atom. The molecule has 6 heteroatoms. The van der Waals surface area contributed by atoms with E-state index in [2.05, 4.69) is 25.4 Å². The van der Waals surface area contributed by atoms with Crippen molar-refractivity contribution in [2.75, 3.05) is 18.0 Å². The number of rotatable bonds is 1. The first-order valence-electron chi connectivity index (χ1n) is 6.78. The summed E-state index contributed by atoms with van der Waals surface area (Å²) in [5.41, 5.74) is 2.58. The lowest BCUT2D eigenvalue weighted by molar-refractivity contribution is 0.565. The van der Waals surface area contributed by atoms with E-state index in [-0.39, 0.29) is 0 Å². The Hall–Kier alpha value is -1.72. The molecular weight excluding hydrogens is 228 g/mol. The quantitative estimate of drug-likeness (QED) is 0.749. The van der Waals surface area contributed by atoms with Crippen molar-refractivity contribution in [1.82, 2.24) is 25.0 Å². The number of piperidine rings is 1. The van der Waals surface area contributed by atoms with E-state index >= 15 is 0 Å². The largest absolute Gasteiger partial charge is 0.356 e. The maximum Gasteiger partial charge on any atom is 0.275 e. The predicted octanol–water partition coefficient (Wildman–Crippen LogP) is 0.998. The molecule has 0 spiro atoms. The number of nitrogens with zero attached hydrogens (tertiary/aromatic N) is 6. The summed E-state index contributed by atoms with van der Waals surface area (Å²) in [6.07, 6.45) is 7.25. The third kappa shape index (κ3) is 1.41. The number of anilines is 1. The molecule has 0 aromatic carbocycles. The number of hydrogen-bond acceptors (Lipinski definition) is 5. The van der Waals surface area contributed by atoms with Crippen molar-refractivity contribution >= 4 is 11.6 Å². The molecule has 2 aromatic heterocycles. The second kappa shape index (κ2) is 3.90. The molecule has 3 heterocycles. The fourth-order valence-electron chi connectivity index (χ4n) is 3.16. The summed E-state index contributed by atoms with van der Waals surface area (Å²) in [4.78, 5) is 7.01. The number of aromatic nitrogens is 5. The second-order valence-corrected chi connectivity index (χ2v) is 5.15. The number of fused-ring (bicyclic) bond motifs is 2. The number of aryl methyl sites for hydroxylation is 1. The minimum Gasteiger partial charge on any atom is -0.356 e. The van der Waals surface area contributed by atoms with Crippen LogP contribution in [0.15, 0.2) is 0 Å². The third-order valence-electron chi connectivity index (χ3n) is 4.00. The van der Waals surface area contributed by atoms with E-state index in [4.69, 9.17) is 0 Å². The molecule has 0 N–H and O–H groups in total. The zero-order valence-electron chi connectivity index (χ0n) is 10.3. The number of tetrazole rings is 1. The normalized spacial score (nSPS) is 19.4. The van der Waals surface area contributed by atoms with Gasteiger partial charge in [-0.2, -0.15) is 4.52 Å². The molecule has 0 unspecified atom stereocenters. The van der Waals surface area contributed by atoms with E-state index in [0.717, 1.165) is 25.9 Å². The molecule has 4 rings (SSSR count). The Balaban J connectivity index is 1.93. The molecule has 0 radical (unpaired) electrons. The Bertz CT molecular complexity index is 584. The molecule has 6 nitrogen and oxygen atoms in total. The van der Waals surface area contributed by atoms with Gasteiger partial charge in [0.1, 0.15) is 5.82 Å². The summed E-state index contributed by atoms with van der Waals surface area (Å²) in [6, 6.07) is 0. The third-order valence-corrected chi connectivity index (χ3v) is 4.00. The molecule has 18 heavy (non-hydrogen) atoms. The summed E-state index contributed by atoms with van der Waals surface area (Å²) < 4.78 is 1.83.